The predicted octanol–water partition coefficient (Wildman–Crippen LogP) is 14.6. The second-order valence-electron chi connectivity index (χ2n) is 37.4. The van der Waals surface area contributed by atoms with E-state index in [-0.39, 0.29) is 127 Å². The fourth-order valence-corrected chi connectivity index (χ4v) is 15.4. The van der Waals surface area contributed by atoms with Crippen LogP contribution in [-0.2, 0) is 94.1 Å². The van der Waals surface area contributed by atoms with Crippen LogP contribution in [0.2, 0.25) is 0 Å². The number of hydrogen-bond acceptors (Lipinski definition) is 28. The van der Waals surface area contributed by atoms with Crippen LogP contribution in [0.1, 0.15) is 213 Å². The smallest absolute Gasteiger partial charge is 1.00 e. The molecule has 5 heterocycles. The molecule has 0 radical (unpaired) electrons. The minimum Gasteiger partial charge on any atom is -1.00 e. The minimum atomic E-state index is -7.11. The fourth-order valence-electron chi connectivity index (χ4n) is 14.5. The van der Waals surface area contributed by atoms with E-state index in [9.17, 15) is 95.9 Å². The molecule has 5 aliphatic heterocycles. The number of amides is 1. The summed E-state index contributed by atoms with van der Waals surface area (Å²) in [5, 5.41) is 48.8. The van der Waals surface area contributed by atoms with Crippen LogP contribution in [0.25, 0.3) is 0 Å². The Morgan fingerprint density at radius 3 is 1.07 bits per heavy atom. The summed E-state index contributed by atoms with van der Waals surface area (Å²) in [5.74, 6) is -13.3. The summed E-state index contributed by atoms with van der Waals surface area (Å²) in [7, 11) is -2.96. The van der Waals surface area contributed by atoms with E-state index in [0.717, 1.165) is 49.3 Å². The van der Waals surface area contributed by atoms with Crippen LogP contribution in [0.4, 0.5) is 57.8 Å². The van der Waals surface area contributed by atoms with Crippen LogP contribution >= 0.6 is 28.3 Å². The molecule has 8 N–H and O–H groups in total. The summed E-state index contributed by atoms with van der Waals surface area (Å²) < 4.78 is 215. The third-order valence-electron chi connectivity index (χ3n) is 21.7. The van der Waals surface area contributed by atoms with Gasteiger partial charge in [-0.3, -0.25) is 38.8 Å². The van der Waals surface area contributed by atoms with Gasteiger partial charge in [0.25, 0.3) is 5.97 Å². The molecule has 11 rings (SSSR count). The second kappa shape index (κ2) is 75.4. The van der Waals surface area contributed by atoms with Crippen molar-refractivity contribution in [2.45, 2.75) is 302 Å². The number of alkyl halides is 10. The number of aliphatic hydroxyl groups is 5. The van der Waals surface area contributed by atoms with Crippen molar-refractivity contribution in [2.24, 2.45) is 11.7 Å². The Kier molecular flexibility index (Phi) is 70.6. The molecule has 1 aliphatic carbocycles. The van der Waals surface area contributed by atoms with Gasteiger partial charge in [0.1, 0.15) is 47.4 Å². The summed E-state index contributed by atoms with van der Waals surface area (Å²) in [4.78, 5) is 90.6. The number of nitrogens with zero attached hydrogens (tertiary/aromatic N) is 7. The van der Waals surface area contributed by atoms with E-state index in [1.54, 1.807) is 62.3 Å². The molecule has 5 aromatic rings. The van der Waals surface area contributed by atoms with Crippen molar-refractivity contribution in [3.63, 3.8) is 0 Å². The van der Waals surface area contributed by atoms with Gasteiger partial charge in [-0.15, -0.1) is 12.4 Å². The molecule has 5 saturated heterocycles. The van der Waals surface area contributed by atoms with Gasteiger partial charge in [0, 0.05) is 131 Å². The number of methoxy groups -OCH3 is 3. The monoisotopic (exact) mass is 2250 g/mol. The number of aliphatic carboxylic acids is 1. The standard InChI is InChI=1S/2C13H17NO3.2C12H16FNO.C10H19FN2O2.C10H18O5.C7H7Br.C7H12O3.2C6H15N.C4H3F7O2S.C2H4O2.Al.ClH.Li.6H2.4H/c2*1-17-13(16)12-7-11(15)9-14(12)8-10-5-3-2-4-6-10;13-11-6-12(9-15)14(8-11)7-10-4-2-1-3-5-10;13-11-6-12(15)9-14(8-11)7-10-4-2-1-3-5-10;1-10(2,3)15-9(14)13-5-7(11)4-8(12)6-13;1-9(2,3)14-7(11)13-8(12)15-10(4,5)6;8-6-7-4-2-1-3-5-7;1-10-7(9)5-2-3-6(8)4-5;2*1-4-7(5-2)6-3;1-2(5,6)3(7,8)4(9,10)14(11,12)13;1-2(3)4;;;;;;;;;;;;;/h2*2-6,11-12,15H,7-9H2,1H3;2*1-5,11-12,15H,6-9H2;7-8H,4-6,12H2,1-3H3;1-6H3;1-5H,6H2;5-6,8H,2-4H2,1H3;2*4-6H2,1-3H3;1H3;1H3,(H,3,4);;1H;;6*1H;;;;/q;;;;;;;;;;;;;;+1;;;;;;;;;;-1/t2*11-,12+;11-,12-;11-,12+;7-,8-;;;5-,6-;;;;;;;;;;;;;;;;;/m11000..0................./s1/i;;;;;;;;;;;;;;;4*1+1D;2*1+1;;;;. The summed E-state index contributed by atoms with van der Waals surface area (Å²) in [5.41, 5.74) is 9.62. The summed E-state index contributed by atoms with van der Waals surface area (Å²) >= 11 is 3.36. The van der Waals surface area contributed by atoms with E-state index in [2.05, 4.69) is 88.9 Å². The normalized spacial score (nSPS) is 20.9. The van der Waals surface area contributed by atoms with E-state index in [0.29, 0.717) is 84.5 Å². The fraction of sp³-hybridized carbons (Fsp3) is 0.637. The van der Waals surface area contributed by atoms with Gasteiger partial charge in [-0.05, 0) is 162 Å². The number of carboxylic acids is 1. The molecule has 0 unspecified atom stereocenters. The number of carbonyl (C=O) groups is 7. The van der Waals surface area contributed by atoms with Gasteiger partial charge in [0.2, 0.25) is 0 Å². The molecule has 1 saturated carbocycles. The number of likely N-dealkylation sites (tertiary alicyclic amines) is 5. The number of halogens is 12. The van der Waals surface area contributed by atoms with Crippen molar-refractivity contribution in [3.05, 3.63) is 179 Å². The molecule has 0 spiro atoms. The van der Waals surface area contributed by atoms with Gasteiger partial charge in [0.05, 0.1) is 64.8 Å². The summed E-state index contributed by atoms with van der Waals surface area (Å²) in [6, 6.07) is 49.1. The first-order valence-corrected chi connectivity index (χ1v) is 50.3. The van der Waals surface area contributed by atoms with Gasteiger partial charge in [-0.2, -0.15) is 34.8 Å². The number of piperidine rings is 2. The molecule has 6 aliphatic rings. The van der Waals surface area contributed by atoms with Crippen LogP contribution in [0.15, 0.2) is 152 Å². The van der Waals surface area contributed by atoms with Gasteiger partial charge in [-0.25, -0.2) is 27.6 Å². The molecule has 850 valence electrons. The number of hydrogen-bond donors (Lipinski definition) is 7. The number of aliphatic hydroxyl groups excluding tert-OH is 5. The zero-order valence-electron chi connectivity index (χ0n) is 97.4. The Hall–Kier alpha value is -7.34. The molecule has 147 heavy (non-hydrogen) atoms. The topological polar surface area (TPSA) is 388 Å². The van der Waals surface area contributed by atoms with Crippen molar-refractivity contribution in [3.8, 4) is 0 Å². The molecule has 0 aromatic heterocycles. The zero-order chi connectivity index (χ0) is 118. The largest absolute Gasteiger partial charge is 1.00 e. The maximum Gasteiger partial charge on any atom is 1.00 e. The van der Waals surface area contributed by atoms with Crippen LogP contribution < -0.4 is 24.6 Å². The molecule has 30 nitrogen and oxygen atoms in total. The second-order valence-corrected chi connectivity index (χ2v) is 39.4. The van der Waals surface area contributed by atoms with Crippen LogP contribution in [0.5, 0.6) is 0 Å². The number of β-amino-alcohol motifs (C(OH)–C–C–N with tert-alkyl or cyclic N) is 3. The first-order chi connectivity index (χ1) is 71.0. The summed E-state index contributed by atoms with van der Waals surface area (Å²) in [6.45, 7) is 41.8. The maximum absolute atomic E-state index is 13.2. The zero-order valence-corrected chi connectivity index (χ0v) is 91.6. The maximum atomic E-state index is 13.2. The predicted molar refractivity (Wildman–Crippen MR) is 566 cm³/mol. The number of carboxylic acid groups (broad SMARTS) is 1. The molecular formula is C102H176AlBrClF10LiN8O22S. The van der Waals surface area contributed by atoms with Crippen LogP contribution in [0, 0.1) is 5.92 Å². The van der Waals surface area contributed by atoms with Crippen molar-refractivity contribution in [1.29, 1.82) is 0 Å². The van der Waals surface area contributed by atoms with E-state index in [1.165, 1.54) is 82.2 Å². The Bertz CT molecular complexity index is 4390. The average molecular weight is 2250 g/mol. The Balaban J connectivity index is -0.000000166. The Labute approximate surface area is 917 Å². The minimum absolute atomic E-state index is 0. The van der Waals surface area contributed by atoms with E-state index >= 15 is 0 Å². The number of carbonyl (C=O) groups excluding carboxylic acids is 6. The van der Waals surface area contributed by atoms with Gasteiger partial charge < -0.3 is 85.7 Å². The van der Waals surface area contributed by atoms with Crippen molar-refractivity contribution >= 4 is 98.2 Å². The van der Waals surface area contributed by atoms with Gasteiger partial charge >= 0.3 is 82.5 Å². The first kappa shape index (κ1) is 138. The van der Waals surface area contributed by atoms with E-state index in [1.807, 2.05) is 159 Å². The van der Waals surface area contributed by atoms with Crippen LogP contribution in [0.3, 0.4) is 0 Å². The van der Waals surface area contributed by atoms with Crippen LogP contribution in [-0.4, -0.2) is 347 Å². The Morgan fingerprint density at radius 1 is 0.469 bits per heavy atom. The Morgan fingerprint density at radius 2 is 0.796 bits per heavy atom. The van der Waals surface area contributed by atoms with E-state index in [4.69, 9.17) is 61.4 Å². The quantitative estimate of drug-likeness (QED) is 0.00643. The molecular weight excluding hydrogens is 2060 g/mol. The third kappa shape index (κ3) is 63.7. The van der Waals surface area contributed by atoms with E-state index < -0.39 is 112 Å². The number of nitrogens with two attached hydrogens (primary N) is 1. The molecule has 45 heteroatoms. The number of benzene rings is 5. The molecule has 0 bridgehead atoms. The van der Waals surface area contributed by atoms with Gasteiger partial charge in [-0.1, -0.05) is 213 Å². The van der Waals surface area contributed by atoms with Crippen molar-refractivity contribution in [1.82, 2.24) is 34.3 Å². The van der Waals surface area contributed by atoms with Crippen molar-refractivity contribution in [2.75, 3.05) is 113 Å². The SMILES string of the molecule is BrCc1ccccc1.CC(=O)O.CC(C)(C)OC(=O)N1C[C@@H](N)C[C@H](F)C1.CC(C)(C)OC(=O)OC(=O)OC(C)(C)C.CC(F)(F)C(F)(F)C(F)(F)S(=O)(=O)F.CCN(CC)CC.CCN(CC)CC.COC(=O)[C@@H]1C[C@@H](O)CN1Cc1ccccc1.COC(=O)[C@@H]1C[C@@H](O)CN1Cc1ccccc1.COC(=O)[C@H]1CC[C@H](O)C1.Cl.OC[C@@H]1C[C@H](F)CN1Cc1ccccc1.O[C@@H]1C[C@H](F)CN(Cc2ccccc2)C1.[2HH].[2HH].[2H][2H].[2H][2H].[2H][2H].[2H][2H].[AlH3].[H-].[Li+]. The first-order valence-electron chi connectivity index (χ1n) is 51.8. The molecule has 1 amide bonds. The average Bonchev–Trinajstić information content (AvgIpc) is 0.827. The molecule has 12 atom stereocenters. The van der Waals surface area contributed by atoms with Crippen molar-refractivity contribution < 1.29 is 184 Å². The molecule has 5 aromatic carbocycles. The molecule has 6 fully saturated rings. The third-order valence-corrected chi connectivity index (χ3v) is 23.2. The summed E-state index contributed by atoms with van der Waals surface area (Å²) in [6.07, 6.45) is -2.95. The number of ether oxygens (including phenoxy) is 7. The number of rotatable bonds is 22. The van der Waals surface area contributed by atoms with Gasteiger partial charge in [0.15, 0.2) is 17.4 Å². The number of esters is 3.